The molecule has 1 fully saturated rings. The van der Waals surface area contributed by atoms with Gasteiger partial charge in [0, 0.05) is 30.9 Å². The van der Waals surface area contributed by atoms with Crippen molar-refractivity contribution >= 4 is 16.9 Å². The van der Waals surface area contributed by atoms with Crippen molar-refractivity contribution in [3.63, 3.8) is 0 Å². The summed E-state index contributed by atoms with van der Waals surface area (Å²) in [4.78, 5) is 14.7. The highest BCUT2D eigenvalue weighted by Gasteiger charge is 2.26. The first kappa shape index (κ1) is 17.0. The Morgan fingerprint density at radius 1 is 1.42 bits per heavy atom. The second kappa shape index (κ2) is 7.81. The molecule has 2 heterocycles. The first-order valence-electron chi connectivity index (χ1n) is 8.78. The lowest BCUT2D eigenvalue weighted by Gasteiger charge is -2.30. The molecular weight excluding hydrogens is 304 g/mol. The van der Waals surface area contributed by atoms with Gasteiger partial charge in [0.05, 0.1) is 19.3 Å². The average molecular weight is 330 g/mol. The van der Waals surface area contributed by atoms with Gasteiger partial charge in [-0.2, -0.15) is 0 Å². The van der Waals surface area contributed by atoms with Gasteiger partial charge in [-0.15, -0.1) is 0 Å². The number of hydrogen-bond donors (Lipinski definition) is 1. The molecule has 1 aliphatic heterocycles. The average Bonchev–Trinajstić information content (AvgIpc) is 3.04. The van der Waals surface area contributed by atoms with Crippen molar-refractivity contribution in [2.24, 2.45) is 0 Å². The van der Waals surface area contributed by atoms with E-state index in [1.165, 1.54) is 0 Å². The quantitative estimate of drug-likeness (QED) is 0.884. The highest BCUT2D eigenvalue weighted by atomic mass is 16.5. The molecule has 1 saturated heterocycles. The summed E-state index contributed by atoms with van der Waals surface area (Å²) in [6.45, 7) is 6.99. The highest BCUT2D eigenvalue weighted by Crippen LogP contribution is 2.28. The Labute approximate surface area is 143 Å². The molecule has 5 nitrogen and oxygen atoms in total. The summed E-state index contributed by atoms with van der Waals surface area (Å²) in [5.41, 5.74) is 0.866. The summed E-state index contributed by atoms with van der Waals surface area (Å²) < 4.78 is 11.4. The lowest BCUT2D eigenvalue weighted by molar-refractivity contribution is -0.135. The van der Waals surface area contributed by atoms with Crippen LogP contribution in [0.5, 0.6) is 0 Å². The summed E-state index contributed by atoms with van der Waals surface area (Å²) in [5.74, 6) is 0.985. The van der Waals surface area contributed by atoms with Gasteiger partial charge in [0.25, 0.3) is 0 Å². The molecule has 130 valence electrons. The van der Waals surface area contributed by atoms with Crippen molar-refractivity contribution in [2.45, 2.75) is 38.8 Å². The standard InChI is InChI=1S/C19H26N2O3/c1-3-9-21(19(22)12-16-13-23-10-8-20-16)14(2)18-11-15-6-4-5-7-17(15)24-18/h4-7,11,14,16,20H,3,8-10,12-13H2,1-2H3. The fraction of sp³-hybridized carbons (Fsp3) is 0.526. The minimum Gasteiger partial charge on any atom is -0.459 e. The third-order valence-corrected chi connectivity index (χ3v) is 4.53. The van der Waals surface area contributed by atoms with Gasteiger partial charge < -0.3 is 19.4 Å². The van der Waals surface area contributed by atoms with Crippen molar-refractivity contribution in [3.05, 3.63) is 36.1 Å². The third-order valence-electron chi connectivity index (χ3n) is 4.53. The molecule has 1 aliphatic rings. The molecule has 24 heavy (non-hydrogen) atoms. The molecule has 0 bridgehead atoms. The number of benzene rings is 1. The van der Waals surface area contributed by atoms with Gasteiger partial charge in [-0.3, -0.25) is 4.79 Å². The van der Waals surface area contributed by atoms with Crippen molar-refractivity contribution in [2.75, 3.05) is 26.3 Å². The summed E-state index contributed by atoms with van der Waals surface area (Å²) >= 11 is 0. The smallest absolute Gasteiger partial charge is 0.224 e. The van der Waals surface area contributed by atoms with Gasteiger partial charge in [0.1, 0.15) is 11.3 Å². The Balaban J connectivity index is 1.74. The van der Waals surface area contributed by atoms with Crippen LogP contribution < -0.4 is 5.32 Å². The van der Waals surface area contributed by atoms with Crippen LogP contribution in [0.25, 0.3) is 11.0 Å². The van der Waals surface area contributed by atoms with Crippen LogP contribution in [0, 0.1) is 0 Å². The van der Waals surface area contributed by atoms with E-state index in [0.717, 1.165) is 42.8 Å². The zero-order valence-corrected chi connectivity index (χ0v) is 14.5. The zero-order valence-electron chi connectivity index (χ0n) is 14.5. The minimum absolute atomic E-state index is 0.0747. The number of nitrogens with zero attached hydrogens (tertiary/aromatic N) is 1. The van der Waals surface area contributed by atoms with Crippen LogP contribution in [-0.4, -0.2) is 43.2 Å². The van der Waals surface area contributed by atoms with Gasteiger partial charge in [0.2, 0.25) is 5.91 Å². The van der Waals surface area contributed by atoms with E-state index in [0.29, 0.717) is 13.0 Å². The molecule has 1 aromatic carbocycles. The van der Waals surface area contributed by atoms with Gasteiger partial charge in [0.15, 0.2) is 0 Å². The first-order chi connectivity index (χ1) is 11.7. The van der Waals surface area contributed by atoms with Crippen LogP contribution in [0.1, 0.15) is 38.5 Å². The zero-order chi connectivity index (χ0) is 16.9. The number of carbonyl (C=O) groups excluding carboxylic acids is 1. The van der Waals surface area contributed by atoms with Gasteiger partial charge >= 0.3 is 0 Å². The number of furan rings is 1. The minimum atomic E-state index is -0.0747. The maximum Gasteiger partial charge on any atom is 0.224 e. The fourth-order valence-corrected chi connectivity index (χ4v) is 3.22. The van der Waals surface area contributed by atoms with E-state index in [-0.39, 0.29) is 18.0 Å². The van der Waals surface area contributed by atoms with Gasteiger partial charge in [-0.1, -0.05) is 25.1 Å². The number of rotatable bonds is 6. The van der Waals surface area contributed by atoms with E-state index in [2.05, 4.69) is 12.2 Å². The van der Waals surface area contributed by atoms with Crippen molar-refractivity contribution in [1.82, 2.24) is 10.2 Å². The monoisotopic (exact) mass is 330 g/mol. The second-order valence-corrected chi connectivity index (χ2v) is 6.38. The molecule has 2 atom stereocenters. The SMILES string of the molecule is CCCN(C(=O)CC1COCCN1)C(C)c1cc2ccccc2o1. The Bertz CT molecular complexity index is 643. The van der Waals surface area contributed by atoms with Crippen LogP contribution in [0.3, 0.4) is 0 Å². The van der Waals surface area contributed by atoms with Crippen LogP contribution >= 0.6 is 0 Å². The Morgan fingerprint density at radius 3 is 2.96 bits per heavy atom. The molecule has 3 rings (SSSR count). The molecule has 2 aromatic rings. The lowest BCUT2D eigenvalue weighted by atomic mass is 10.1. The third kappa shape index (κ3) is 3.79. The number of amides is 1. The van der Waals surface area contributed by atoms with E-state index in [1.807, 2.05) is 42.2 Å². The number of para-hydroxylation sites is 1. The van der Waals surface area contributed by atoms with E-state index in [1.54, 1.807) is 0 Å². The van der Waals surface area contributed by atoms with Crippen LogP contribution in [0.2, 0.25) is 0 Å². The van der Waals surface area contributed by atoms with Crippen LogP contribution in [0.4, 0.5) is 0 Å². The molecule has 0 radical (unpaired) electrons. The summed E-state index contributed by atoms with van der Waals surface area (Å²) in [6, 6.07) is 10.0. The van der Waals surface area contributed by atoms with E-state index < -0.39 is 0 Å². The Hall–Kier alpha value is -1.85. The number of hydrogen-bond acceptors (Lipinski definition) is 4. The summed E-state index contributed by atoms with van der Waals surface area (Å²) in [5, 5.41) is 4.43. The molecule has 1 N–H and O–H groups in total. The van der Waals surface area contributed by atoms with Crippen molar-refractivity contribution in [1.29, 1.82) is 0 Å². The first-order valence-corrected chi connectivity index (χ1v) is 8.78. The maximum atomic E-state index is 12.8. The lowest BCUT2D eigenvalue weighted by Crippen LogP contribution is -2.45. The number of nitrogens with one attached hydrogen (secondary N) is 1. The topological polar surface area (TPSA) is 54.7 Å². The highest BCUT2D eigenvalue weighted by molar-refractivity contribution is 5.79. The fourth-order valence-electron chi connectivity index (χ4n) is 3.22. The molecule has 2 unspecified atom stereocenters. The van der Waals surface area contributed by atoms with Crippen LogP contribution in [0.15, 0.2) is 34.7 Å². The van der Waals surface area contributed by atoms with E-state index >= 15 is 0 Å². The number of carbonyl (C=O) groups is 1. The predicted molar refractivity (Wildman–Crippen MR) is 93.9 cm³/mol. The van der Waals surface area contributed by atoms with Gasteiger partial charge in [-0.05, 0) is 25.5 Å². The Morgan fingerprint density at radius 2 is 2.25 bits per heavy atom. The summed E-state index contributed by atoms with van der Waals surface area (Å²) in [7, 11) is 0. The van der Waals surface area contributed by atoms with E-state index in [9.17, 15) is 4.79 Å². The number of morpholine rings is 1. The second-order valence-electron chi connectivity index (χ2n) is 6.38. The number of ether oxygens (including phenoxy) is 1. The predicted octanol–water partition coefficient (Wildman–Crippen LogP) is 3.11. The summed E-state index contributed by atoms with van der Waals surface area (Å²) in [6.07, 6.45) is 1.38. The normalized spacial score (nSPS) is 19.3. The van der Waals surface area contributed by atoms with Gasteiger partial charge in [-0.25, -0.2) is 0 Å². The molecule has 1 amide bonds. The molecule has 0 spiro atoms. The number of fused-ring (bicyclic) bond motifs is 1. The Kier molecular flexibility index (Phi) is 5.53. The maximum absolute atomic E-state index is 12.8. The largest absolute Gasteiger partial charge is 0.459 e. The molecule has 1 aromatic heterocycles. The van der Waals surface area contributed by atoms with E-state index in [4.69, 9.17) is 9.15 Å². The van der Waals surface area contributed by atoms with Crippen molar-refractivity contribution < 1.29 is 13.9 Å². The van der Waals surface area contributed by atoms with Crippen LogP contribution in [-0.2, 0) is 9.53 Å². The molecular formula is C19H26N2O3. The molecule has 0 saturated carbocycles. The molecule has 5 heteroatoms. The van der Waals surface area contributed by atoms with Crippen molar-refractivity contribution in [3.8, 4) is 0 Å². The molecule has 0 aliphatic carbocycles.